The second-order valence-corrected chi connectivity index (χ2v) is 5.81. The Kier molecular flexibility index (Phi) is 3.90. The molecule has 0 spiro atoms. The number of nitrogens with one attached hydrogen (secondary N) is 1. The highest BCUT2D eigenvalue weighted by atomic mass is 35.5. The van der Waals surface area contributed by atoms with Gasteiger partial charge in [-0.3, -0.25) is 9.20 Å². The van der Waals surface area contributed by atoms with Crippen molar-refractivity contribution in [3.05, 3.63) is 58.1 Å². The van der Waals surface area contributed by atoms with Gasteiger partial charge in [-0.1, -0.05) is 17.7 Å². The van der Waals surface area contributed by atoms with Crippen LogP contribution in [-0.4, -0.2) is 15.3 Å². The molecule has 1 aromatic carbocycles. The molecule has 2 heterocycles. The van der Waals surface area contributed by atoms with Crippen molar-refractivity contribution in [3.63, 3.8) is 0 Å². The quantitative estimate of drug-likeness (QED) is 0.802. The summed E-state index contributed by atoms with van der Waals surface area (Å²) in [7, 11) is 0. The van der Waals surface area contributed by atoms with Crippen molar-refractivity contribution in [2.75, 3.05) is 0 Å². The van der Waals surface area contributed by atoms with Crippen LogP contribution in [-0.2, 0) is 17.8 Å². The minimum Gasteiger partial charge on any atom is -0.352 e. The third-order valence-electron chi connectivity index (χ3n) is 2.96. The lowest BCUT2D eigenvalue weighted by atomic mass is 10.2. The number of benzene rings is 1. The summed E-state index contributed by atoms with van der Waals surface area (Å²) in [5, 5.41) is 4.75. The van der Waals surface area contributed by atoms with Gasteiger partial charge in [0.1, 0.15) is 5.82 Å². The molecule has 3 rings (SSSR count). The van der Waals surface area contributed by atoms with Gasteiger partial charge in [0.25, 0.3) is 0 Å². The van der Waals surface area contributed by atoms with Crippen molar-refractivity contribution in [1.29, 1.82) is 0 Å². The number of halogens is 2. The van der Waals surface area contributed by atoms with Gasteiger partial charge < -0.3 is 5.32 Å². The molecule has 0 unspecified atom stereocenters. The van der Waals surface area contributed by atoms with Gasteiger partial charge in [-0.2, -0.15) is 0 Å². The van der Waals surface area contributed by atoms with Crippen molar-refractivity contribution in [1.82, 2.24) is 14.7 Å². The Hall–Kier alpha value is -1.92. The molecule has 0 radical (unpaired) electrons. The molecular formula is C14H11ClFN3OS. The average Bonchev–Trinajstić information content (AvgIpc) is 3.01. The third kappa shape index (κ3) is 3.22. The monoisotopic (exact) mass is 323 g/mol. The Morgan fingerprint density at radius 3 is 3.10 bits per heavy atom. The number of carbonyl (C=O) groups is 1. The van der Waals surface area contributed by atoms with Crippen molar-refractivity contribution in [3.8, 4) is 0 Å². The molecule has 0 aliphatic rings. The van der Waals surface area contributed by atoms with Gasteiger partial charge in [-0.05, 0) is 17.7 Å². The van der Waals surface area contributed by atoms with E-state index in [2.05, 4.69) is 10.3 Å². The number of rotatable bonds is 4. The Bertz CT molecular complexity index is 770. The maximum Gasteiger partial charge on any atom is 0.226 e. The zero-order valence-electron chi connectivity index (χ0n) is 10.8. The fraction of sp³-hybridized carbons (Fsp3) is 0.143. The number of aromatic nitrogens is 2. The lowest BCUT2D eigenvalue weighted by Gasteiger charge is -2.05. The maximum atomic E-state index is 13.0. The molecule has 0 bridgehead atoms. The van der Waals surface area contributed by atoms with E-state index < -0.39 is 5.82 Å². The van der Waals surface area contributed by atoms with E-state index in [1.807, 2.05) is 22.2 Å². The van der Waals surface area contributed by atoms with Crippen LogP contribution >= 0.6 is 22.9 Å². The zero-order valence-corrected chi connectivity index (χ0v) is 12.4. The lowest BCUT2D eigenvalue weighted by molar-refractivity contribution is -0.120. The Balaban J connectivity index is 1.58. The van der Waals surface area contributed by atoms with Gasteiger partial charge in [-0.25, -0.2) is 9.37 Å². The fourth-order valence-corrected chi connectivity index (χ4v) is 2.86. The van der Waals surface area contributed by atoms with Crippen molar-refractivity contribution < 1.29 is 9.18 Å². The van der Waals surface area contributed by atoms with Crippen molar-refractivity contribution >= 4 is 33.8 Å². The summed E-state index contributed by atoms with van der Waals surface area (Å²) in [6, 6.07) is 4.38. The van der Waals surface area contributed by atoms with Gasteiger partial charge >= 0.3 is 0 Å². The predicted octanol–water partition coefficient (Wildman–Crippen LogP) is 3.05. The van der Waals surface area contributed by atoms with Crippen LogP contribution in [0.4, 0.5) is 4.39 Å². The smallest absolute Gasteiger partial charge is 0.226 e. The van der Waals surface area contributed by atoms with E-state index in [4.69, 9.17) is 11.6 Å². The molecule has 0 saturated heterocycles. The molecule has 1 amide bonds. The summed E-state index contributed by atoms with van der Waals surface area (Å²) in [4.78, 5) is 17.1. The summed E-state index contributed by atoms with van der Waals surface area (Å²) in [6.07, 6.45) is 3.94. The first-order chi connectivity index (χ1) is 10.1. The van der Waals surface area contributed by atoms with E-state index >= 15 is 0 Å². The van der Waals surface area contributed by atoms with Crippen molar-refractivity contribution in [2.45, 2.75) is 13.0 Å². The number of nitrogens with zero attached hydrogens (tertiary/aromatic N) is 2. The largest absolute Gasteiger partial charge is 0.352 e. The molecule has 0 fully saturated rings. The summed E-state index contributed by atoms with van der Waals surface area (Å²) in [6.45, 7) is 0.307. The summed E-state index contributed by atoms with van der Waals surface area (Å²) in [5.74, 6) is -0.606. The molecule has 21 heavy (non-hydrogen) atoms. The van der Waals surface area contributed by atoms with Gasteiger partial charge in [0, 0.05) is 24.3 Å². The Morgan fingerprint density at radius 1 is 1.48 bits per heavy atom. The van der Waals surface area contributed by atoms with Gasteiger partial charge in [0.2, 0.25) is 5.91 Å². The molecule has 0 saturated carbocycles. The number of amides is 1. The van der Waals surface area contributed by atoms with Crippen LogP contribution in [0.15, 0.2) is 36.0 Å². The average molecular weight is 324 g/mol. The SMILES string of the molecule is O=C(Cc1cn2ccsc2n1)NCc1ccc(F)c(Cl)c1. The van der Waals surface area contributed by atoms with E-state index in [0.29, 0.717) is 6.54 Å². The fourth-order valence-electron chi connectivity index (χ4n) is 1.94. The maximum absolute atomic E-state index is 13.0. The first-order valence-corrected chi connectivity index (χ1v) is 7.49. The highest BCUT2D eigenvalue weighted by Crippen LogP contribution is 2.16. The highest BCUT2D eigenvalue weighted by molar-refractivity contribution is 7.15. The minimum atomic E-state index is -0.468. The van der Waals surface area contributed by atoms with E-state index in [1.165, 1.54) is 23.5 Å². The van der Waals surface area contributed by atoms with E-state index in [1.54, 1.807) is 6.07 Å². The second-order valence-electron chi connectivity index (χ2n) is 4.53. The summed E-state index contributed by atoms with van der Waals surface area (Å²) >= 11 is 7.21. The number of hydrogen-bond donors (Lipinski definition) is 1. The Labute approximate surface area is 129 Å². The third-order valence-corrected chi connectivity index (χ3v) is 4.02. The topological polar surface area (TPSA) is 46.4 Å². The van der Waals surface area contributed by atoms with Crippen LogP contribution in [0, 0.1) is 5.82 Å². The standard InChI is InChI=1S/C14H11ClFN3OS/c15-11-5-9(1-2-12(11)16)7-17-13(20)6-10-8-19-3-4-21-14(19)18-10/h1-5,8H,6-7H2,(H,17,20). The molecule has 3 aromatic rings. The van der Waals surface area contributed by atoms with E-state index in [0.717, 1.165) is 16.2 Å². The van der Waals surface area contributed by atoms with Crippen LogP contribution in [0.25, 0.3) is 4.96 Å². The zero-order chi connectivity index (χ0) is 14.8. The molecule has 7 heteroatoms. The molecule has 2 aromatic heterocycles. The van der Waals surface area contributed by atoms with Crippen molar-refractivity contribution in [2.24, 2.45) is 0 Å². The number of imidazole rings is 1. The van der Waals surface area contributed by atoms with E-state index in [-0.39, 0.29) is 17.4 Å². The molecular weight excluding hydrogens is 313 g/mol. The normalized spacial score (nSPS) is 11.0. The molecule has 0 aliphatic carbocycles. The van der Waals surface area contributed by atoms with E-state index in [9.17, 15) is 9.18 Å². The molecule has 1 N–H and O–H groups in total. The highest BCUT2D eigenvalue weighted by Gasteiger charge is 2.08. The molecule has 4 nitrogen and oxygen atoms in total. The molecule has 0 atom stereocenters. The lowest BCUT2D eigenvalue weighted by Crippen LogP contribution is -2.24. The number of fused-ring (bicyclic) bond motifs is 1. The summed E-state index contributed by atoms with van der Waals surface area (Å²) < 4.78 is 14.9. The van der Waals surface area contributed by atoms with Crippen LogP contribution in [0.5, 0.6) is 0 Å². The van der Waals surface area contributed by atoms with Gasteiger partial charge in [0.05, 0.1) is 17.1 Å². The van der Waals surface area contributed by atoms with Crippen LogP contribution in [0.1, 0.15) is 11.3 Å². The minimum absolute atomic E-state index is 0.0519. The summed E-state index contributed by atoms with van der Waals surface area (Å²) in [5.41, 5.74) is 1.47. The number of thiazole rings is 1. The first kappa shape index (κ1) is 14.0. The number of hydrogen-bond acceptors (Lipinski definition) is 3. The molecule has 108 valence electrons. The predicted molar refractivity (Wildman–Crippen MR) is 80.0 cm³/mol. The van der Waals surface area contributed by atoms with Gasteiger partial charge in [0.15, 0.2) is 4.96 Å². The second kappa shape index (κ2) is 5.83. The van der Waals surface area contributed by atoms with Crippen LogP contribution in [0.3, 0.4) is 0 Å². The van der Waals surface area contributed by atoms with Crippen LogP contribution in [0.2, 0.25) is 5.02 Å². The van der Waals surface area contributed by atoms with Crippen LogP contribution < -0.4 is 5.32 Å². The number of carbonyl (C=O) groups excluding carboxylic acids is 1. The van der Waals surface area contributed by atoms with Gasteiger partial charge in [-0.15, -0.1) is 11.3 Å². The molecule has 0 aliphatic heterocycles. The first-order valence-electron chi connectivity index (χ1n) is 6.23. The Morgan fingerprint density at radius 2 is 2.33 bits per heavy atom.